The van der Waals surface area contributed by atoms with Gasteiger partial charge in [0.25, 0.3) is 0 Å². The van der Waals surface area contributed by atoms with Crippen LogP contribution in [-0.4, -0.2) is 25.3 Å². The second kappa shape index (κ2) is 6.98. The van der Waals surface area contributed by atoms with Gasteiger partial charge in [0.2, 0.25) is 0 Å². The molecular formula is C14H24N2O. The van der Waals surface area contributed by atoms with Crippen LogP contribution in [0.1, 0.15) is 51.4 Å². The number of hydrogen-bond acceptors (Lipinski definition) is 3. The molecule has 2 aliphatic rings. The summed E-state index contributed by atoms with van der Waals surface area (Å²) < 4.78 is 5.72. The van der Waals surface area contributed by atoms with Gasteiger partial charge in [-0.2, -0.15) is 5.26 Å². The molecular weight excluding hydrogens is 212 g/mol. The van der Waals surface area contributed by atoms with E-state index in [-0.39, 0.29) is 5.92 Å². The Morgan fingerprint density at radius 3 is 2.65 bits per heavy atom. The molecule has 1 heterocycles. The summed E-state index contributed by atoms with van der Waals surface area (Å²) in [4.78, 5) is 0. The minimum Gasteiger partial charge on any atom is -0.377 e. The minimum absolute atomic E-state index is 0.209. The van der Waals surface area contributed by atoms with Crippen molar-refractivity contribution in [3.63, 3.8) is 0 Å². The highest BCUT2D eigenvalue weighted by Crippen LogP contribution is 2.23. The van der Waals surface area contributed by atoms with Gasteiger partial charge >= 0.3 is 0 Å². The minimum atomic E-state index is 0.209. The van der Waals surface area contributed by atoms with Crippen LogP contribution in [0.2, 0.25) is 0 Å². The second-order valence-electron chi connectivity index (χ2n) is 5.38. The van der Waals surface area contributed by atoms with Crippen molar-refractivity contribution in [1.82, 2.24) is 5.32 Å². The van der Waals surface area contributed by atoms with Crippen molar-refractivity contribution in [2.24, 2.45) is 5.92 Å². The number of nitrogens with one attached hydrogen (secondary N) is 1. The largest absolute Gasteiger partial charge is 0.377 e. The van der Waals surface area contributed by atoms with Gasteiger partial charge in [-0.15, -0.1) is 0 Å². The molecule has 2 fully saturated rings. The molecule has 2 rings (SSSR count). The van der Waals surface area contributed by atoms with E-state index in [1.54, 1.807) is 0 Å². The standard InChI is InChI=1S/C14H24N2O/c15-10-12-6-2-1-3-8-14(12)16-11-13-7-4-5-9-17-13/h12-14,16H,1-9,11H2. The summed E-state index contributed by atoms with van der Waals surface area (Å²) in [6.07, 6.45) is 10.1. The first kappa shape index (κ1) is 12.9. The fourth-order valence-electron chi connectivity index (χ4n) is 2.96. The molecule has 3 unspecified atom stereocenters. The quantitative estimate of drug-likeness (QED) is 0.766. The van der Waals surface area contributed by atoms with Crippen LogP contribution >= 0.6 is 0 Å². The molecule has 1 aliphatic carbocycles. The van der Waals surface area contributed by atoms with Crippen molar-refractivity contribution >= 4 is 0 Å². The lowest BCUT2D eigenvalue weighted by Gasteiger charge is -2.27. The van der Waals surface area contributed by atoms with Gasteiger partial charge in [0.05, 0.1) is 18.1 Å². The Balaban J connectivity index is 1.77. The van der Waals surface area contributed by atoms with E-state index in [0.29, 0.717) is 12.1 Å². The molecule has 0 amide bonds. The van der Waals surface area contributed by atoms with Crippen molar-refractivity contribution < 1.29 is 4.74 Å². The third-order valence-corrected chi connectivity index (χ3v) is 4.06. The zero-order valence-electron chi connectivity index (χ0n) is 10.7. The average molecular weight is 236 g/mol. The van der Waals surface area contributed by atoms with Gasteiger partial charge < -0.3 is 10.1 Å². The number of hydrogen-bond donors (Lipinski definition) is 1. The molecule has 0 bridgehead atoms. The molecule has 3 nitrogen and oxygen atoms in total. The van der Waals surface area contributed by atoms with Gasteiger partial charge in [-0.1, -0.05) is 19.3 Å². The maximum atomic E-state index is 9.20. The Morgan fingerprint density at radius 2 is 1.88 bits per heavy atom. The fraction of sp³-hybridized carbons (Fsp3) is 0.929. The van der Waals surface area contributed by atoms with Crippen LogP contribution in [0.4, 0.5) is 0 Å². The second-order valence-corrected chi connectivity index (χ2v) is 5.38. The van der Waals surface area contributed by atoms with E-state index in [2.05, 4.69) is 11.4 Å². The summed E-state index contributed by atoms with van der Waals surface area (Å²) in [5.41, 5.74) is 0. The number of nitrogens with zero attached hydrogens (tertiary/aromatic N) is 1. The smallest absolute Gasteiger partial charge is 0.0699 e. The van der Waals surface area contributed by atoms with E-state index in [1.807, 2.05) is 0 Å². The predicted octanol–water partition coefficient (Wildman–Crippen LogP) is 2.62. The Bertz CT molecular complexity index is 255. The first-order valence-corrected chi connectivity index (χ1v) is 7.15. The molecule has 0 radical (unpaired) electrons. The Morgan fingerprint density at radius 1 is 1.06 bits per heavy atom. The highest BCUT2D eigenvalue weighted by atomic mass is 16.5. The maximum Gasteiger partial charge on any atom is 0.0699 e. The summed E-state index contributed by atoms with van der Waals surface area (Å²) in [6, 6.07) is 2.87. The SMILES string of the molecule is N#CC1CCCCCC1NCC1CCCCO1. The van der Waals surface area contributed by atoms with Gasteiger partial charge in [-0.25, -0.2) is 0 Å². The maximum absolute atomic E-state index is 9.20. The first-order valence-electron chi connectivity index (χ1n) is 7.15. The van der Waals surface area contributed by atoms with Crippen molar-refractivity contribution in [2.45, 2.75) is 63.5 Å². The zero-order chi connectivity index (χ0) is 11.9. The molecule has 0 spiro atoms. The van der Waals surface area contributed by atoms with E-state index in [0.717, 1.165) is 26.0 Å². The number of rotatable bonds is 3. The molecule has 1 aliphatic heterocycles. The molecule has 0 aromatic carbocycles. The molecule has 3 heteroatoms. The summed E-state index contributed by atoms with van der Waals surface area (Å²) in [5.74, 6) is 0.209. The van der Waals surface area contributed by atoms with Crippen molar-refractivity contribution in [1.29, 1.82) is 5.26 Å². The van der Waals surface area contributed by atoms with Gasteiger partial charge in [0, 0.05) is 19.2 Å². The highest BCUT2D eigenvalue weighted by Gasteiger charge is 2.24. The van der Waals surface area contributed by atoms with E-state index >= 15 is 0 Å². The van der Waals surface area contributed by atoms with Crippen LogP contribution in [-0.2, 0) is 4.74 Å². The third kappa shape index (κ3) is 3.97. The molecule has 1 N–H and O–H groups in total. The first-order chi connectivity index (χ1) is 8.40. The van der Waals surface area contributed by atoms with Gasteiger partial charge in [0.1, 0.15) is 0 Å². The summed E-state index contributed by atoms with van der Waals surface area (Å²) in [6.45, 7) is 1.85. The van der Waals surface area contributed by atoms with E-state index < -0.39 is 0 Å². The Labute approximate surface area is 105 Å². The van der Waals surface area contributed by atoms with Crippen molar-refractivity contribution in [3.8, 4) is 6.07 Å². The van der Waals surface area contributed by atoms with Crippen LogP contribution in [0.3, 0.4) is 0 Å². The Kier molecular flexibility index (Phi) is 5.28. The van der Waals surface area contributed by atoms with Crippen molar-refractivity contribution in [3.05, 3.63) is 0 Å². The molecule has 17 heavy (non-hydrogen) atoms. The van der Waals surface area contributed by atoms with Gasteiger partial charge in [-0.05, 0) is 32.1 Å². The predicted molar refractivity (Wildman–Crippen MR) is 67.6 cm³/mol. The van der Waals surface area contributed by atoms with E-state index in [4.69, 9.17) is 4.74 Å². The van der Waals surface area contributed by atoms with Gasteiger partial charge in [-0.3, -0.25) is 0 Å². The van der Waals surface area contributed by atoms with Crippen molar-refractivity contribution in [2.75, 3.05) is 13.2 Å². The topological polar surface area (TPSA) is 45.0 Å². The van der Waals surface area contributed by atoms with Crippen LogP contribution < -0.4 is 5.32 Å². The molecule has 96 valence electrons. The summed E-state index contributed by atoms with van der Waals surface area (Å²) >= 11 is 0. The molecule has 1 saturated heterocycles. The van der Waals surface area contributed by atoms with Crippen LogP contribution in [0, 0.1) is 17.2 Å². The lowest BCUT2D eigenvalue weighted by atomic mass is 9.96. The number of ether oxygens (including phenoxy) is 1. The molecule has 0 aromatic rings. The summed E-state index contributed by atoms with van der Waals surface area (Å²) in [7, 11) is 0. The monoisotopic (exact) mass is 236 g/mol. The third-order valence-electron chi connectivity index (χ3n) is 4.06. The lowest BCUT2D eigenvalue weighted by molar-refractivity contribution is 0.0145. The fourth-order valence-corrected chi connectivity index (χ4v) is 2.96. The molecule has 1 saturated carbocycles. The highest BCUT2D eigenvalue weighted by molar-refractivity contribution is 4.93. The van der Waals surface area contributed by atoms with Crippen LogP contribution in [0.25, 0.3) is 0 Å². The summed E-state index contributed by atoms with van der Waals surface area (Å²) in [5, 5.41) is 12.8. The Hall–Kier alpha value is -0.590. The van der Waals surface area contributed by atoms with Crippen LogP contribution in [0.15, 0.2) is 0 Å². The zero-order valence-corrected chi connectivity index (χ0v) is 10.7. The average Bonchev–Trinajstić information content (AvgIpc) is 2.62. The van der Waals surface area contributed by atoms with E-state index in [9.17, 15) is 5.26 Å². The van der Waals surface area contributed by atoms with Gasteiger partial charge in [0.15, 0.2) is 0 Å². The van der Waals surface area contributed by atoms with Crippen LogP contribution in [0.5, 0.6) is 0 Å². The van der Waals surface area contributed by atoms with E-state index in [1.165, 1.54) is 38.5 Å². The lowest BCUT2D eigenvalue weighted by Crippen LogP contribution is -2.41. The normalized spacial score (nSPS) is 34.9. The molecule has 0 aromatic heterocycles. The molecule has 3 atom stereocenters. The number of nitriles is 1.